The van der Waals surface area contributed by atoms with Gasteiger partial charge in [-0.25, -0.2) is 4.98 Å². The fourth-order valence-corrected chi connectivity index (χ4v) is 2.43. The van der Waals surface area contributed by atoms with Crippen molar-refractivity contribution in [3.05, 3.63) is 24.0 Å². The Morgan fingerprint density at radius 1 is 1.32 bits per heavy atom. The number of piperazine rings is 1. The monoisotopic (exact) mass is 260 g/mol. The Bertz CT molecular complexity index is 545. The molecule has 1 saturated heterocycles. The minimum Gasteiger partial charge on any atom is -0.492 e. The first-order chi connectivity index (χ1) is 9.31. The Hall–Kier alpha value is -1.59. The first-order valence-corrected chi connectivity index (χ1v) is 6.83. The summed E-state index contributed by atoms with van der Waals surface area (Å²) in [6.07, 6.45) is 0. The largest absolute Gasteiger partial charge is 0.492 e. The molecule has 0 bridgehead atoms. The normalized spacial score (nSPS) is 16.9. The molecule has 19 heavy (non-hydrogen) atoms. The number of benzene rings is 1. The highest BCUT2D eigenvalue weighted by molar-refractivity contribution is 5.76. The van der Waals surface area contributed by atoms with Crippen molar-refractivity contribution >= 4 is 11.0 Å². The van der Waals surface area contributed by atoms with Gasteiger partial charge in [0.15, 0.2) is 0 Å². The number of nitrogens with zero attached hydrogens (tertiary/aromatic N) is 2. The summed E-state index contributed by atoms with van der Waals surface area (Å²) in [5, 5.41) is 3.35. The first kappa shape index (κ1) is 12.4. The lowest BCUT2D eigenvalue weighted by Gasteiger charge is -2.26. The molecule has 1 aromatic carbocycles. The molecule has 0 atom stereocenters. The number of nitrogens with one attached hydrogen (secondary N) is 2. The molecule has 5 heteroatoms. The maximum Gasteiger partial charge on any atom is 0.121 e. The van der Waals surface area contributed by atoms with E-state index in [1.54, 1.807) is 0 Å². The molecule has 0 amide bonds. The van der Waals surface area contributed by atoms with E-state index in [2.05, 4.69) is 20.2 Å². The molecule has 1 fully saturated rings. The zero-order valence-corrected chi connectivity index (χ0v) is 11.3. The molecular weight excluding hydrogens is 240 g/mol. The van der Waals surface area contributed by atoms with E-state index in [0.29, 0.717) is 0 Å². The summed E-state index contributed by atoms with van der Waals surface area (Å²) in [5.41, 5.74) is 2.03. The van der Waals surface area contributed by atoms with Crippen molar-refractivity contribution in [3.63, 3.8) is 0 Å². The van der Waals surface area contributed by atoms with Crippen molar-refractivity contribution in [2.24, 2.45) is 0 Å². The predicted octanol–water partition coefficient (Wildman–Crippen LogP) is 1.16. The summed E-state index contributed by atoms with van der Waals surface area (Å²) in [5.74, 6) is 1.85. The van der Waals surface area contributed by atoms with Gasteiger partial charge in [-0.2, -0.15) is 0 Å². The van der Waals surface area contributed by atoms with Gasteiger partial charge in [-0.15, -0.1) is 0 Å². The van der Waals surface area contributed by atoms with Crippen molar-refractivity contribution in [1.29, 1.82) is 0 Å². The highest BCUT2D eigenvalue weighted by atomic mass is 16.5. The third kappa shape index (κ3) is 3.05. The second-order valence-corrected chi connectivity index (χ2v) is 4.94. The Morgan fingerprint density at radius 3 is 3.00 bits per heavy atom. The number of aromatic nitrogens is 2. The molecular formula is C14H20N4O. The SMILES string of the molecule is Cc1nc2ccc(OCCN3CCNCC3)cc2[nH]1. The minimum absolute atomic E-state index is 0.735. The van der Waals surface area contributed by atoms with E-state index in [1.165, 1.54) is 0 Å². The van der Waals surface area contributed by atoms with Crippen LogP contribution >= 0.6 is 0 Å². The molecule has 0 saturated carbocycles. The summed E-state index contributed by atoms with van der Waals surface area (Å²) < 4.78 is 5.82. The molecule has 2 aromatic rings. The van der Waals surface area contributed by atoms with Gasteiger partial charge < -0.3 is 15.0 Å². The molecule has 0 radical (unpaired) electrons. The summed E-state index contributed by atoms with van der Waals surface area (Å²) in [7, 11) is 0. The lowest BCUT2D eigenvalue weighted by atomic mass is 10.3. The van der Waals surface area contributed by atoms with Gasteiger partial charge in [0.05, 0.1) is 11.0 Å². The number of fused-ring (bicyclic) bond motifs is 1. The number of hydrogen-bond donors (Lipinski definition) is 2. The Labute approximate surface area is 113 Å². The molecule has 102 valence electrons. The van der Waals surface area contributed by atoms with E-state index in [9.17, 15) is 0 Å². The minimum atomic E-state index is 0.735. The molecule has 0 unspecified atom stereocenters. The zero-order valence-electron chi connectivity index (χ0n) is 11.3. The first-order valence-electron chi connectivity index (χ1n) is 6.83. The van der Waals surface area contributed by atoms with Gasteiger partial charge in [-0.1, -0.05) is 0 Å². The van der Waals surface area contributed by atoms with E-state index in [-0.39, 0.29) is 0 Å². The van der Waals surface area contributed by atoms with Gasteiger partial charge >= 0.3 is 0 Å². The van der Waals surface area contributed by atoms with Crippen molar-refractivity contribution in [2.75, 3.05) is 39.3 Å². The van der Waals surface area contributed by atoms with Gasteiger partial charge in [-0.3, -0.25) is 4.90 Å². The highest BCUT2D eigenvalue weighted by Crippen LogP contribution is 2.18. The van der Waals surface area contributed by atoms with Crippen LogP contribution in [0.3, 0.4) is 0 Å². The van der Waals surface area contributed by atoms with Gasteiger partial charge in [-0.05, 0) is 19.1 Å². The maximum absolute atomic E-state index is 5.82. The smallest absolute Gasteiger partial charge is 0.121 e. The Balaban J connectivity index is 1.55. The van der Waals surface area contributed by atoms with Crippen LogP contribution in [0.1, 0.15) is 5.82 Å². The van der Waals surface area contributed by atoms with Crippen LogP contribution in [0.5, 0.6) is 5.75 Å². The van der Waals surface area contributed by atoms with Crippen molar-refractivity contribution < 1.29 is 4.74 Å². The standard InChI is InChI=1S/C14H20N4O/c1-11-16-13-3-2-12(10-14(13)17-11)19-9-8-18-6-4-15-5-7-18/h2-3,10,15H,4-9H2,1H3,(H,16,17). The van der Waals surface area contributed by atoms with Crippen LogP contribution in [0.25, 0.3) is 11.0 Å². The number of ether oxygens (including phenoxy) is 1. The number of rotatable bonds is 4. The van der Waals surface area contributed by atoms with Crippen LogP contribution in [0.4, 0.5) is 0 Å². The fourth-order valence-electron chi connectivity index (χ4n) is 2.43. The van der Waals surface area contributed by atoms with E-state index in [0.717, 1.165) is 61.9 Å². The molecule has 0 spiro atoms. The van der Waals surface area contributed by atoms with E-state index < -0.39 is 0 Å². The summed E-state index contributed by atoms with van der Waals surface area (Å²) in [6.45, 7) is 8.08. The van der Waals surface area contributed by atoms with Crippen LogP contribution in [-0.4, -0.2) is 54.2 Å². The average molecular weight is 260 g/mol. The Kier molecular flexibility index (Phi) is 3.66. The second kappa shape index (κ2) is 5.59. The summed E-state index contributed by atoms with van der Waals surface area (Å²) >= 11 is 0. The predicted molar refractivity (Wildman–Crippen MR) is 75.6 cm³/mol. The van der Waals surface area contributed by atoms with Crippen molar-refractivity contribution in [3.8, 4) is 5.75 Å². The average Bonchev–Trinajstić information content (AvgIpc) is 2.79. The number of aromatic amines is 1. The van der Waals surface area contributed by atoms with Crippen LogP contribution in [0, 0.1) is 6.92 Å². The molecule has 1 aliphatic rings. The van der Waals surface area contributed by atoms with Crippen molar-refractivity contribution in [2.45, 2.75) is 6.92 Å². The summed E-state index contributed by atoms with van der Waals surface area (Å²) in [4.78, 5) is 10.0. The van der Waals surface area contributed by atoms with Crippen molar-refractivity contribution in [1.82, 2.24) is 20.2 Å². The molecule has 2 heterocycles. The topological polar surface area (TPSA) is 53.2 Å². The third-order valence-electron chi connectivity index (χ3n) is 3.46. The van der Waals surface area contributed by atoms with Crippen LogP contribution in [0.15, 0.2) is 18.2 Å². The quantitative estimate of drug-likeness (QED) is 0.866. The summed E-state index contributed by atoms with van der Waals surface area (Å²) in [6, 6.07) is 6.01. The molecule has 0 aliphatic carbocycles. The number of imidazole rings is 1. The zero-order chi connectivity index (χ0) is 13.1. The highest BCUT2D eigenvalue weighted by Gasteiger charge is 2.09. The lowest BCUT2D eigenvalue weighted by Crippen LogP contribution is -2.44. The van der Waals surface area contributed by atoms with Gasteiger partial charge in [0.2, 0.25) is 0 Å². The van der Waals surface area contributed by atoms with Gasteiger partial charge in [0.1, 0.15) is 18.2 Å². The third-order valence-corrected chi connectivity index (χ3v) is 3.46. The van der Waals surface area contributed by atoms with Crippen LogP contribution in [0.2, 0.25) is 0 Å². The fraction of sp³-hybridized carbons (Fsp3) is 0.500. The molecule has 2 N–H and O–H groups in total. The van der Waals surface area contributed by atoms with Crippen LogP contribution in [-0.2, 0) is 0 Å². The number of hydrogen-bond acceptors (Lipinski definition) is 4. The molecule has 5 nitrogen and oxygen atoms in total. The van der Waals surface area contributed by atoms with E-state index in [4.69, 9.17) is 4.74 Å². The molecule has 1 aliphatic heterocycles. The van der Waals surface area contributed by atoms with E-state index in [1.807, 2.05) is 25.1 Å². The maximum atomic E-state index is 5.82. The van der Waals surface area contributed by atoms with Gasteiger partial charge in [0, 0.05) is 38.8 Å². The Morgan fingerprint density at radius 2 is 2.16 bits per heavy atom. The molecule has 3 rings (SSSR count). The lowest BCUT2D eigenvalue weighted by molar-refractivity contribution is 0.191. The second-order valence-electron chi connectivity index (χ2n) is 4.94. The number of H-pyrrole nitrogens is 1. The number of aryl methyl sites for hydroxylation is 1. The van der Waals surface area contributed by atoms with E-state index >= 15 is 0 Å². The molecule has 1 aromatic heterocycles. The van der Waals surface area contributed by atoms with Gasteiger partial charge in [0.25, 0.3) is 0 Å². The van der Waals surface area contributed by atoms with Crippen LogP contribution < -0.4 is 10.1 Å².